The third kappa shape index (κ3) is 3.93. The summed E-state index contributed by atoms with van der Waals surface area (Å²) in [4.78, 5) is 14.7. The number of benzene rings is 1. The van der Waals surface area contributed by atoms with Gasteiger partial charge < -0.3 is 5.32 Å². The molecule has 1 unspecified atom stereocenters. The zero-order valence-electron chi connectivity index (χ0n) is 13.8. The van der Waals surface area contributed by atoms with Crippen LogP contribution in [0.15, 0.2) is 28.5 Å². The molecule has 2 nitrogen and oxygen atoms in total. The number of amides is 1. The van der Waals surface area contributed by atoms with Gasteiger partial charge in [0, 0.05) is 9.77 Å². The molecule has 0 fully saturated rings. The molecular formula is C18H23NOS2. The lowest BCUT2D eigenvalue weighted by atomic mass is 10.0. The van der Waals surface area contributed by atoms with E-state index in [-0.39, 0.29) is 11.2 Å². The fourth-order valence-electron chi connectivity index (χ4n) is 2.32. The Balaban J connectivity index is 2.05. The molecule has 0 aliphatic carbocycles. The molecule has 1 aromatic heterocycles. The first kappa shape index (κ1) is 17.1. The van der Waals surface area contributed by atoms with Crippen LogP contribution in [-0.4, -0.2) is 11.2 Å². The summed E-state index contributed by atoms with van der Waals surface area (Å²) in [5, 5.41) is 4.95. The first-order chi connectivity index (χ1) is 10.4. The number of aryl methyl sites for hydroxylation is 2. The monoisotopic (exact) mass is 333 g/mol. The van der Waals surface area contributed by atoms with E-state index < -0.39 is 0 Å². The van der Waals surface area contributed by atoms with Gasteiger partial charge in [-0.25, -0.2) is 0 Å². The third-order valence-corrected chi connectivity index (χ3v) is 6.27. The van der Waals surface area contributed by atoms with Crippen LogP contribution in [0.25, 0.3) is 0 Å². The van der Waals surface area contributed by atoms with E-state index in [0.29, 0.717) is 6.54 Å². The second-order valence-corrected chi connectivity index (χ2v) is 8.03. The molecule has 1 heterocycles. The lowest BCUT2D eigenvalue weighted by molar-refractivity contribution is -0.120. The van der Waals surface area contributed by atoms with E-state index in [1.807, 2.05) is 24.4 Å². The molecule has 22 heavy (non-hydrogen) atoms. The molecule has 0 bridgehead atoms. The van der Waals surface area contributed by atoms with E-state index in [2.05, 4.69) is 39.1 Å². The van der Waals surface area contributed by atoms with E-state index in [0.717, 1.165) is 0 Å². The molecule has 1 N–H and O–H groups in total. The van der Waals surface area contributed by atoms with Crippen LogP contribution in [0.2, 0.25) is 0 Å². The van der Waals surface area contributed by atoms with E-state index in [1.165, 1.54) is 32.0 Å². The maximum Gasteiger partial charge on any atom is 0.233 e. The van der Waals surface area contributed by atoms with E-state index >= 15 is 0 Å². The SMILES string of the molecule is Cc1cc(C)c(C)c(SC(C)C(=O)NCc2cccs2)c1C. The highest BCUT2D eigenvalue weighted by atomic mass is 32.2. The van der Waals surface area contributed by atoms with Crippen LogP contribution in [-0.2, 0) is 11.3 Å². The normalized spacial score (nSPS) is 12.2. The van der Waals surface area contributed by atoms with Crippen LogP contribution in [0.4, 0.5) is 0 Å². The topological polar surface area (TPSA) is 29.1 Å². The third-order valence-electron chi connectivity index (χ3n) is 3.98. The van der Waals surface area contributed by atoms with Crippen LogP contribution in [0.1, 0.15) is 34.1 Å². The Hall–Kier alpha value is -1.26. The molecule has 118 valence electrons. The van der Waals surface area contributed by atoms with E-state index in [1.54, 1.807) is 23.1 Å². The largest absolute Gasteiger partial charge is 0.350 e. The van der Waals surface area contributed by atoms with Crippen LogP contribution in [0.3, 0.4) is 0 Å². The van der Waals surface area contributed by atoms with Crippen LogP contribution < -0.4 is 5.32 Å². The molecule has 2 aromatic rings. The van der Waals surface area contributed by atoms with Crippen molar-refractivity contribution in [1.82, 2.24) is 5.32 Å². The predicted octanol–water partition coefficient (Wildman–Crippen LogP) is 4.78. The molecule has 0 aliphatic heterocycles. The number of rotatable bonds is 5. The summed E-state index contributed by atoms with van der Waals surface area (Å²) in [6, 6.07) is 6.27. The minimum atomic E-state index is -0.0986. The highest BCUT2D eigenvalue weighted by Crippen LogP contribution is 2.33. The Morgan fingerprint density at radius 3 is 2.41 bits per heavy atom. The van der Waals surface area contributed by atoms with E-state index in [9.17, 15) is 4.79 Å². The van der Waals surface area contributed by atoms with Gasteiger partial charge in [0.15, 0.2) is 0 Å². The van der Waals surface area contributed by atoms with Crippen LogP contribution in [0.5, 0.6) is 0 Å². The highest BCUT2D eigenvalue weighted by Gasteiger charge is 2.18. The molecule has 0 radical (unpaired) electrons. The number of carbonyl (C=O) groups excluding carboxylic acids is 1. The Kier molecular flexibility index (Phi) is 5.70. The summed E-state index contributed by atoms with van der Waals surface area (Å²) in [6.07, 6.45) is 0. The van der Waals surface area contributed by atoms with Crippen molar-refractivity contribution in [2.75, 3.05) is 0 Å². The van der Waals surface area contributed by atoms with Gasteiger partial charge in [-0.1, -0.05) is 12.1 Å². The van der Waals surface area contributed by atoms with Crippen molar-refractivity contribution in [1.29, 1.82) is 0 Å². The molecule has 1 amide bonds. The average molecular weight is 334 g/mol. The Labute approximate surface area is 141 Å². The van der Waals surface area contributed by atoms with Gasteiger partial charge >= 0.3 is 0 Å². The maximum absolute atomic E-state index is 12.3. The number of thioether (sulfide) groups is 1. The summed E-state index contributed by atoms with van der Waals surface area (Å²) in [6.45, 7) is 11.1. The minimum Gasteiger partial charge on any atom is -0.350 e. The molecule has 2 rings (SSSR count). The lowest BCUT2D eigenvalue weighted by Crippen LogP contribution is -2.30. The van der Waals surface area contributed by atoms with Gasteiger partial charge in [-0.3, -0.25) is 4.79 Å². The first-order valence-electron chi connectivity index (χ1n) is 7.44. The Morgan fingerprint density at radius 2 is 1.86 bits per heavy atom. The van der Waals surface area contributed by atoms with Gasteiger partial charge in [-0.2, -0.15) is 0 Å². The molecule has 1 atom stereocenters. The zero-order chi connectivity index (χ0) is 16.3. The number of nitrogens with one attached hydrogen (secondary N) is 1. The van der Waals surface area contributed by atoms with Crippen LogP contribution in [0, 0.1) is 27.7 Å². The Bertz CT molecular complexity index is 636. The van der Waals surface area contributed by atoms with Crippen molar-refractivity contribution in [3.05, 3.63) is 50.7 Å². The number of thiophene rings is 1. The van der Waals surface area contributed by atoms with Gasteiger partial charge in [-0.15, -0.1) is 23.1 Å². The molecule has 0 saturated carbocycles. The molecule has 0 saturated heterocycles. The fraction of sp³-hybridized carbons (Fsp3) is 0.389. The number of hydrogen-bond acceptors (Lipinski definition) is 3. The van der Waals surface area contributed by atoms with Gasteiger partial charge in [0.05, 0.1) is 11.8 Å². The summed E-state index contributed by atoms with van der Waals surface area (Å²) in [7, 11) is 0. The molecule has 0 spiro atoms. The summed E-state index contributed by atoms with van der Waals surface area (Å²) in [5.74, 6) is 0.0939. The smallest absolute Gasteiger partial charge is 0.233 e. The molecule has 4 heteroatoms. The fourth-order valence-corrected chi connectivity index (χ4v) is 4.18. The summed E-state index contributed by atoms with van der Waals surface area (Å²) in [5.41, 5.74) is 5.14. The van der Waals surface area contributed by atoms with Crippen molar-refractivity contribution in [3.8, 4) is 0 Å². The van der Waals surface area contributed by atoms with Crippen LogP contribution >= 0.6 is 23.1 Å². The summed E-state index contributed by atoms with van der Waals surface area (Å²) < 4.78 is 0. The first-order valence-corrected chi connectivity index (χ1v) is 9.20. The van der Waals surface area contributed by atoms with E-state index in [4.69, 9.17) is 0 Å². The minimum absolute atomic E-state index is 0.0939. The number of hydrogen-bond donors (Lipinski definition) is 1. The summed E-state index contributed by atoms with van der Waals surface area (Å²) >= 11 is 3.33. The second-order valence-electron chi connectivity index (χ2n) is 5.65. The highest BCUT2D eigenvalue weighted by molar-refractivity contribution is 8.00. The lowest BCUT2D eigenvalue weighted by Gasteiger charge is -2.18. The standard InChI is InChI=1S/C18H23NOS2/c1-11-9-12(2)14(4)17(13(11)3)22-15(5)18(20)19-10-16-7-6-8-21-16/h6-9,15H,10H2,1-5H3,(H,19,20). The van der Waals surface area contributed by atoms with Crippen molar-refractivity contribution >= 4 is 29.0 Å². The van der Waals surface area contributed by atoms with Crippen molar-refractivity contribution in [3.63, 3.8) is 0 Å². The van der Waals surface area contributed by atoms with Gasteiger partial charge in [0.2, 0.25) is 5.91 Å². The molecule has 0 aliphatic rings. The van der Waals surface area contributed by atoms with Crippen molar-refractivity contribution in [2.24, 2.45) is 0 Å². The second kappa shape index (κ2) is 7.34. The molecular weight excluding hydrogens is 310 g/mol. The van der Waals surface area contributed by atoms with Crippen molar-refractivity contribution < 1.29 is 4.79 Å². The average Bonchev–Trinajstić information content (AvgIpc) is 3.00. The molecule has 1 aromatic carbocycles. The van der Waals surface area contributed by atoms with Gasteiger partial charge in [-0.05, 0) is 68.3 Å². The quantitative estimate of drug-likeness (QED) is 0.798. The maximum atomic E-state index is 12.3. The predicted molar refractivity (Wildman–Crippen MR) is 96.9 cm³/mol. The Morgan fingerprint density at radius 1 is 1.23 bits per heavy atom. The number of carbonyl (C=O) groups is 1. The van der Waals surface area contributed by atoms with Gasteiger partial charge in [0.1, 0.15) is 0 Å². The zero-order valence-corrected chi connectivity index (χ0v) is 15.5. The van der Waals surface area contributed by atoms with Gasteiger partial charge in [0.25, 0.3) is 0 Å². The van der Waals surface area contributed by atoms with Crippen molar-refractivity contribution in [2.45, 2.75) is 51.3 Å².